The quantitative estimate of drug-likeness (QED) is 0.540. The second kappa shape index (κ2) is 8.81. The van der Waals surface area contributed by atoms with Gasteiger partial charge in [-0.2, -0.15) is 0 Å². The van der Waals surface area contributed by atoms with Crippen molar-refractivity contribution in [1.82, 2.24) is 9.88 Å². The fourth-order valence-electron chi connectivity index (χ4n) is 3.22. The van der Waals surface area contributed by atoms with Crippen LogP contribution >= 0.6 is 0 Å². The number of nitrogens with zero attached hydrogens (tertiary/aromatic N) is 1. The fourth-order valence-corrected chi connectivity index (χ4v) is 3.22. The van der Waals surface area contributed by atoms with Crippen molar-refractivity contribution in [3.05, 3.63) is 46.8 Å². The van der Waals surface area contributed by atoms with E-state index in [9.17, 15) is 14.4 Å². The van der Waals surface area contributed by atoms with Gasteiger partial charge in [0.05, 0.1) is 0 Å². The molecule has 1 aliphatic heterocycles. The monoisotopic (exact) mass is 400 g/mol. The van der Waals surface area contributed by atoms with Gasteiger partial charge in [0.15, 0.2) is 18.1 Å². The van der Waals surface area contributed by atoms with Crippen molar-refractivity contribution >= 4 is 17.7 Å². The molecule has 8 heteroatoms. The van der Waals surface area contributed by atoms with E-state index in [0.29, 0.717) is 22.6 Å². The van der Waals surface area contributed by atoms with Crippen LogP contribution in [0.2, 0.25) is 0 Å². The van der Waals surface area contributed by atoms with Crippen LogP contribution in [0.5, 0.6) is 11.5 Å². The molecule has 1 aromatic heterocycles. The Morgan fingerprint density at radius 3 is 2.66 bits per heavy atom. The third-order valence-corrected chi connectivity index (χ3v) is 4.71. The van der Waals surface area contributed by atoms with Gasteiger partial charge in [-0.1, -0.05) is 6.92 Å². The maximum atomic E-state index is 12.4. The van der Waals surface area contributed by atoms with Gasteiger partial charge in [-0.25, -0.2) is 0 Å². The molecule has 0 bridgehead atoms. The smallest absolute Gasteiger partial charge is 0.325 e. The summed E-state index contributed by atoms with van der Waals surface area (Å²) in [4.78, 5) is 36.5. The average Bonchev–Trinajstić information content (AvgIpc) is 3.29. The summed E-state index contributed by atoms with van der Waals surface area (Å²) in [6, 6.07) is 6.55. The average molecular weight is 400 g/mol. The standard InChI is InChI=1S/C21H24N2O6/c1-4-7-23-13(2)8-16(14(23)3)17(24)11-27-20(25)10-22-21(26)15-5-6-18-19(9-15)29-12-28-18/h5-6,8-9H,4,7,10-12H2,1-3H3,(H,22,26). The van der Waals surface area contributed by atoms with Crippen molar-refractivity contribution in [1.29, 1.82) is 0 Å². The molecule has 0 saturated heterocycles. The lowest BCUT2D eigenvalue weighted by Gasteiger charge is -2.08. The number of rotatable bonds is 8. The Morgan fingerprint density at radius 2 is 1.90 bits per heavy atom. The van der Waals surface area contributed by atoms with Crippen molar-refractivity contribution in [3.8, 4) is 11.5 Å². The minimum atomic E-state index is -0.685. The number of nitrogens with one attached hydrogen (secondary N) is 1. The molecule has 29 heavy (non-hydrogen) atoms. The van der Waals surface area contributed by atoms with Crippen LogP contribution in [0.4, 0.5) is 0 Å². The van der Waals surface area contributed by atoms with Gasteiger partial charge >= 0.3 is 5.97 Å². The van der Waals surface area contributed by atoms with Crippen LogP contribution in [0, 0.1) is 13.8 Å². The van der Waals surface area contributed by atoms with E-state index in [-0.39, 0.29) is 25.7 Å². The van der Waals surface area contributed by atoms with Gasteiger partial charge in [0, 0.05) is 29.1 Å². The molecule has 0 fully saturated rings. The predicted molar refractivity (Wildman–Crippen MR) is 104 cm³/mol. The van der Waals surface area contributed by atoms with Gasteiger partial charge in [-0.05, 0) is 44.5 Å². The number of aryl methyl sites for hydroxylation is 1. The van der Waals surface area contributed by atoms with Crippen molar-refractivity contribution in [2.75, 3.05) is 19.9 Å². The zero-order chi connectivity index (χ0) is 21.0. The number of hydrogen-bond donors (Lipinski definition) is 1. The maximum absolute atomic E-state index is 12.4. The molecule has 154 valence electrons. The van der Waals surface area contributed by atoms with Crippen LogP contribution in [0.1, 0.15) is 45.4 Å². The first-order valence-electron chi connectivity index (χ1n) is 9.44. The van der Waals surface area contributed by atoms with Crippen LogP contribution < -0.4 is 14.8 Å². The Hall–Kier alpha value is -3.29. The van der Waals surface area contributed by atoms with E-state index >= 15 is 0 Å². The first-order valence-corrected chi connectivity index (χ1v) is 9.44. The fraction of sp³-hybridized carbons (Fsp3) is 0.381. The second-order valence-electron chi connectivity index (χ2n) is 6.77. The number of Topliss-reactive ketones (excluding diaryl/α,β-unsaturated/α-hetero) is 1. The van der Waals surface area contributed by atoms with E-state index in [0.717, 1.165) is 24.4 Å². The lowest BCUT2D eigenvalue weighted by Crippen LogP contribution is -2.31. The lowest BCUT2D eigenvalue weighted by atomic mass is 10.1. The molecule has 0 atom stereocenters. The number of ketones is 1. The summed E-state index contributed by atoms with van der Waals surface area (Å²) in [5.41, 5.74) is 2.74. The molecule has 0 aliphatic carbocycles. The summed E-state index contributed by atoms with van der Waals surface area (Å²) < 4.78 is 17.5. The van der Waals surface area contributed by atoms with Crippen LogP contribution in [-0.2, 0) is 16.1 Å². The maximum Gasteiger partial charge on any atom is 0.325 e. The molecule has 3 rings (SSSR count). The number of carbonyl (C=O) groups is 3. The van der Waals surface area contributed by atoms with Crippen molar-refractivity contribution in [3.63, 3.8) is 0 Å². The first-order chi connectivity index (χ1) is 13.9. The van der Waals surface area contributed by atoms with E-state index < -0.39 is 11.9 Å². The summed E-state index contributed by atoms with van der Waals surface area (Å²) in [5.74, 6) is -0.357. The Bertz CT molecular complexity index is 947. The van der Waals surface area contributed by atoms with Crippen LogP contribution in [-0.4, -0.2) is 42.2 Å². The molecule has 1 aliphatic rings. The molecule has 2 aromatic rings. The van der Waals surface area contributed by atoms with Crippen LogP contribution in [0.15, 0.2) is 24.3 Å². The summed E-state index contributed by atoms with van der Waals surface area (Å²) in [6.07, 6.45) is 0.960. The minimum Gasteiger partial charge on any atom is -0.456 e. The van der Waals surface area contributed by atoms with Crippen LogP contribution in [0.3, 0.4) is 0 Å². The normalized spacial score (nSPS) is 12.0. The highest BCUT2D eigenvalue weighted by molar-refractivity contribution is 6.00. The summed E-state index contributed by atoms with van der Waals surface area (Å²) in [5, 5.41) is 2.47. The number of carbonyl (C=O) groups excluding carboxylic acids is 3. The zero-order valence-electron chi connectivity index (χ0n) is 16.7. The number of hydrogen-bond acceptors (Lipinski definition) is 6. The summed E-state index contributed by atoms with van der Waals surface area (Å²) >= 11 is 0. The van der Waals surface area contributed by atoms with Gasteiger partial charge in [-0.3, -0.25) is 14.4 Å². The number of benzene rings is 1. The largest absolute Gasteiger partial charge is 0.456 e. The SMILES string of the molecule is CCCn1c(C)cc(C(=O)COC(=O)CNC(=O)c2ccc3c(c2)OCO3)c1C. The molecule has 8 nitrogen and oxygen atoms in total. The number of fused-ring (bicyclic) bond motifs is 1. The third kappa shape index (κ3) is 4.59. The van der Waals surface area contributed by atoms with Gasteiger partial charge in [-0.15, -0.1) is 0 Å². The Kier molecular flexibility index (Phi) is 6.21. The molecule has 0 spiro atoms. The molecule has 1 N–H and O–H groups in total. The predicted octanol–water partition coefficient (Wildman–Crippen LogP) is 2.40. The molecule has 0 saturated carbocycles. The van der Waals surface area contributed by atoms with E-state index in [1.165, 1.54) is 0 Å². The summed E-state index contributed by atoms with van der Waals surface area (Å²) in [6.45, 7) is 6.13. The lowest BCUT2D eigenvalue weighted by molar-refractivity contribution is -0.141. The highest BCUT2D eigenvalue weighted by Gasteiger charge is 2.19. The Labute approximate surface area is 168 Å². The van der Waals surface area contributed by atoms with Crippen molar-refractivity contribution in [2.24, 2.45) is 0 Å². The minimum absolute atomic E-state index is 0.113. The van der Waals surface area contributed by atoms with Gasteiger partial charge < -0.3 is 24.1 Å². The number of ether oxygens (including phenoxy) is 3. The number of amides is 1. The van der Waals surface area contributed by atoms with E-state index in [1.807, 2.05) is 19.9 Å². The van der Waals surface area contributed by atoms with Gasteiger partial charge in [0.25, 0.3) is 5.91 Å². The molecule has 1 amide bonds. The molecular weight excluding hydrogens is 376 g/mol. The Morgan fingerprint density at radius 1 is 1.14 bits per heavy atom. The topological polar surface area (TPSA) is 95.9 Å². The highest BCUT2D eigenvalue weighted by Crippen LogP contribution is 2.32. The van der Waals surface area contributed by atoms with Crippen molar-refractivity contribution < 1.29 is 28.6 Å². The molecule has 1 aromatic carbocycles. The Balaban J connectivity index is 1.49. The molecule has 0 radical (unpaired) electrons. The molecule has 2 heterocycles. The highest BCUT2D eigenvalue weighted by atomic mass is 16.7. The van der Waals surface area contributed by atoms with Gasteiger partial charge in [0.1, 0.15) is 6.54 Å². The second-order valence-corrected chi connectivity index (χ2v) is 6.77. The zero-order valence-corrected chi connectivity index (χ0v) is 16.7. The van der Waals surface area contributed by atoms with E-state index in [4.69, 9.17) is 14.2 Å². The first kappa shape index (κ1) is 20.4. The molecule has 0 unspecified atom stereocenters. The number of aromatic nitrogens is 1. The summed E-state index contributed by atoms with van der Waals surface area (Å²) in [7, 11) is 0. The molecular formula is C21H24N2O6. The van der Waals surface area contributed by atoms with Gasteiger partial charge in [0.2, 0.25) is 12.6 Å². The van der Waals surface area contributed by atoms with E-state index in [1.54, 1.807) is 18.2 Å². The number of esters is 1. The van der Waals surface area contributed by atoms with E-state index in [2.05, 4.69) is 16.8 Å². The third-order valence-electron chi connectivity index (χ3n) is 4.71. The van der Waals surface area contributed by atoms with Crippen molar-refractivity contribution in [2.45, 2.75) is 33.7 Å². The van der Waals surface area contributed by atoms with Crippen LogP contribution in [0.25, 0.3) is 0 Å².